The van der Waals surface area contributed by atoms with Crippen LogP contribution in [0.4, 0.5) is 0 Å². The Morgan fingerprint density at radius 3 is 2.10 bits per heavy atom. The summed E-state index contributed by atoms with van der Waals surface area (Å²) in [6, 6.07) is 2.88. The molecular weight excluding hydrogens is 649 g/mol. The number of nitrogens with two attached hydrogens (primary N) is 2. The minimum absolute atomic E-state index is 0.0331. The van der Waals surface area contributed by atoms with E-state index in [0.29, 0.717) is 31.4 Å². The number of hydrogen-bond donors (Lipinski definition) is 10. The van der Waals surface area contributed by atoms with E-state index in [2.05, 4.69) is 31.9 Å². The lowest BCUT2D eigenvalue weighted by Crippen LogP contribution is -2.57. The van der Waals surface area contributed by atoms with Gasteiger partial charge in [-0.2, -0.15) is 0 Å². The molecule has 15 nitrogen and oxygen atoms in total. The zero-order valence-electron chi connectivity index (χ0n) is 22.5. The van der Waals surface area contributed by atoms with Crippen molar-refractivity contribution in [1.29, 1.82) is 5.41 Å². The number of phenolic OH excluding ortho intramolecular Hbond substituents is 1. The summed E-state index contributed by atoms with van der Waals surface area (Å²) in [6.07, 6.45) is 1.89. The maximum Gasteiger partial charge on any atom is 0.253 e. The van der Waals surface area contributed by atoms with Gasteiger partial charge < -0.3 is 48.5 Å². The molecule has 5 amide bonds. The molecule has 41 heavy (non-hydrogen) atoms. The van der Waals surface area contributed by atoms with Gasteiger partial charge in [-0.15, -0.1) is 0 Å². The minimum atomic E-state index is -1.12. The Kier molecular flexibility index (Phi) is 14.1. The number of carbonyl (C=O) groups is 5. The third-order valence-corrected chi connectivity index (χ3v) is 7.03. The van der Waals surface area contributed by atoms with Crippen LogP contribution in [0.15, 0.2) is 24.3 Å². The molecule has 1 aromatic rings. The highest BCUT2D eigenvalue weighted by molar-refractivity contribution is 14.1. The molecule has 1 aromatic carbocycles. The highest BCUT2D eigenvalue weighted by Crippen LogP contribution is 2.13. The van der Waals surface area contributed by atoms with Crippen LogP contribution in [0.3, 0.4) is 0 Å². The van der Waals surface area contributed by atoms with Crippen molar-refractivity contribution < 1.29 is 29.1 Å². The fraction of sp³-hybridized carbons (Fsp3) is 0.520. The first-order valence-electron chi connectivity index (χ1n) is 13.2. The highest BCUT2D eigenvalue weighted by atomic mass is 127. The summed E-state index contributed by atoms with van der Waals surface area (Å²) >= 11 is 1.70. The molecule has 12 N–H and O–H groups in total. The van der Waals surface area contributed by atoms with Crippen LogP contribution in [-0.2, 0) is 30.4 Å². The molecule has 0 aliphatic carbocycles. The number of aromatic hydroxyl groups is 1. The number of carbonyl (C=O) groups excluding carboxylic acids is 5. The maximum absolute atomic E-state index is 13.5. The second-order valence-corrected chi connectivity index (χ2v) is 10.7. The number of nitrogens with one attached hydrogen (secondary N) is 7. The van der Waals surface area contributed by atoms with Crippen molar-refractivity contribution in [1.82, 2.24) is 31.9 Å². The monoisotopic (exact) mass is 687 g/mol. The van der Waals surface area contributed by atoms with Gasteiger partial charge in [0.15, 0.2) is 10.0 Å². The topological polar surface area (TPSA) is 254 Å². The molecule has 4 atom stereocenters. The molecule has 226 valence electrons. The lowest BCUT2D eigenvalue weighted by atomic mass is 10.0. The number of unbranched alkanes of at least 4 members (excludes halogenated alkanes) is 1. The van der Waals surface area contributed by atoms with Crippen molar-refractivity contribution in [2.24, 2.45) is 11.5 Å². The van der Waals surface area contributed by atoms with Crippen LogP contribution in [0.2, 0.25) is 0 Å². The predicted octanol–water partition coefficient (Wildman–Crippen LogP) is -2.21. The lowest BCUT2D eigenvalue weighted by molar-refractivity contribution is -0.133. The first-order valence-corrected chi connectivity index (χ1v) is 14.4. The van der Waals surface area contributed by atoms with E-state index in [4.69, 9.17) is 16.9 Å². The van der Waals surface area contributed by atoms with E-state index in [9.17, 15) is 29.1 Å². The van der Waals surface area contributed by atoms with Gasteiger partial charge in [0.2, 0.25) is 23.6 Å². The third-order valence-electron chi connectivity index (χ3n) is 6.15. The summed E-state index contributed by atoms with van der Waals surface area (Å²) in [5.41, 5.74) is 11.5. The molecule has 0 aromatic heterocycles. The van der Waals surface area contributed by atoms with Gasteiger partial charge in [0, 0.05) is 13.0 Å². The number of benzene rings is 1. The normalized spacial score (nSPS) is 22.6. The van der Waals surface area contributed by atoms with Gasteiger partial charge in [0.25, 0.3) is 5.91 Å². The Hall–Kier alpha value is -3.67. The second kappa shape index (κ2) is 17.2. The van der Waals surface area contributed by atoms with Crippen molar-refractivity contribution >= 4 is 58.1 Å². The molecule has 1 aliphatic heterocycles. The number of amides is 5. The summed E-state index contributed by atoms with van der Waals surface area (Å²) in [7, 11) is 0. The lowest BCUT2D eigenvalue weighted by Gasteiger charge is -2.25. The zero-order valence-corrected chi connectivity index (χ0v) is 24.7. The molecular formula is C25H38IN9O6. The Labute approximate surface area is 251 Å². The van der Waals surface area contributed by atoms with E-state index in [-0.39, 0.29) is 37.5 Å². The van der Waals surface area contributed by atoms with Crippen LogP contribution in [0, 0.1) is 5.41 Å². The molecule has 2 rings (SSSR count). The van der Waals surface area contributed by atoms with Crippen LogP contribution in [-0.4, -0.2) is 82.4 Å². The standard InChI is InChI=1S/C25H38IN9O6/c26-20-24(41)34-18(12-14-6-8-15(36)9-7-14)23(40)33-17(4-1-2-10-27)22(39)32-16(5-3-11-30-25(28)29)21(38)31-13-19(37)35-20/h6-9,16-18,20,36H,1-5,10-13,27H2,(H,31,38)(H,32,39)(H,33,40)(H,34,41)(H,35,37)(H4,28,29,30)/t16-,17?,18+,20+/m0/s1. The zero-order chi connectivity index (χ0) is 30.4. The maximum atomic E-state index is 13.5. The van der Waals surface area contributed by atoms with Crippen molar-refractivity contribution in [3.8, 4) is 5.75 Å². The van der Waals surface area contributed by atoms with E-state index >= 15 is 0 Å². The minimum Gasteiger partial charge on any atom is -0.508 e. The first-order chi connectivity index (χ1) is 19.5. The van der Waals surface area contributed by atoms with Gasteiger partial charge in [-0.3, -0.25) is 29.4 Å². The summed E-state index contributed by atoms with van der Waals surface area (Å²) < 4.78 is -1.06. The Bertz CT molecular complexity index is 1090. The molecule has 0 bridgehead atoms. The fourth-order valence-corrected chi connectivity index (χ4v) is 4.50. The Balaban J connectivity index is 2.35. The molecule has 1 heterocycles. The number of rotatable bonds is 10. The SMILES string of the molecule is N=C(N)NCCC[C@@H]1NC(=O)C(CCCCN)NC(=O)[C@@H](Cc2ccc(O)cc2)NC(=O)[C@H](I)NC(=O)CNC1=O. The Morgan fingerprint density at radius 1 is 0.878 bits per heavy atom. The number of phenols is 1. The molecule has 0 saturated carbocycles. The highest BCUT2D eigenvalue weighted by Gasteiger charge is 2.31. The molecule has 1 unspecified atom stereocenters. The molecule has 1 saturated heterocycles. The summed E-state index contributed by atoms with van der Waals surface area (Å²) in [6.45, 7) is 0.209. The number of alkyl halides is 1. The summed E-state index contributed by atoms with van der Waals surface area (Å²) in [5.74, 6) is -3.39. The number of hydrogen-bond acceptors (Lipinski definition) is 8. The molecule has 0 radical (unpaired) electrons. The largest absolute Gasteiger partial charge is 0.508 e. The summed E-state index contributed by atoms with van der Waals surface area (Å²) in [4.78, 5) is 65.1. The van der Waals surface area contributed by atoms with Crippen molar-refractivity contribution in [2.45, 2.75) is 60.7 Å². The smallest absolute Gasteiger partial charge is 0.253 e. The van der Waals surface area contributed by atoms with E-state index < -0.39 is 58.3 Å². The van der Waals surface area contributed by atoms with Crippen LogP contribution in [0.1, 0.15) is 37.7 Å². The average molecular weight is 688 g/mol. The fourth-order valence-electron chi connectivity index (χ4n) is 3.97. The number of halogens is 1. The number of guanidine groups is 1. The van der Waals surface area contributed by atoms with Crippen LogP contribution in [0.25, 0.3) is 0 Å². The van der Waals surface area contributed by atoms with E-state index in [1.54, 1.807) is 34.7 Å². The summed E-state index contributed by atoms with van der Waals surface area (Å²) in [5, 5.41) is 32.4. The molecule has 0 spiro atoms. The predicted molar refractivity (Wildman–Crippen MR) is 159 cm³/mol. The second-order valence-electron chi connectivity index (χ2n) is 9.47. The quantitative estimate of drug-likeness (QED) is 0.0319. The van der Waals surface area contributed by atoms with Gasteiger partial charge in [0.05, 0.1) is 6.54 Å². The average Bonchev–Trinajstić information content (AvgIpc) is 2.92. The van der Waals surface area contributed by atoms with Gasteiger partial charge in [0.1, 0.15) is 23.9 Å². The van der Waals surface area contributed by atoms with Gasteiger partial charge in [-0.1, -0.05) is 12.1 Å². The van der Waals surface area contributed by atoms with Crippen molar-refractivity contribution in [3.63, 3.8) is 0 Å². The molecule has 1 fully saturated rings. The van der Waals surface area contributed by atoms with Crippen LogP contribution in [0.5, 0.6) is 5.75 Å². The van der Waals surface area contributed by atoms with Gasteiger partial charge >= 0.3 is 0 Å². The molecule has 16 heteroatoms. The molecule has 1 aliphatic rings. The first kappa shape index (κ1) is 33.5. The van der Waals surface area contributed by atoms with Gasteiger partial charge in [-0.25, -0.2) is 0 Å². The van der Waals surface area contributed by atoms with E-state index in [1.165, 1.54) is 12.1 Å². The van der Waals surface area contributed by atoms with E-state index in [0.717, 1.165) is 0 Å². The van der Waals surface area contributed by atoms with Gasteiger partial charge in [-0.05, 0) is 78.9 Å². The van der Waals surface area contributed by atoms with Crippen molar-refractivity contribution in [2.75, 3.05) is 19.6 Å². The van der Waals surface area contributed by atoms with E-state index in [1.807, 2.05) is 0 Å². The van der Waals surface area contributed by atoms with Crippen molar-refractivity contribution in [3.05, 3.63) is 29.8 Å². The Morgan fingerprint density at radius 2 is 1.46 bits per heavy atom. The third kappa shape index (κ3) is 12.2. The van der Waals surface area contributed by atoms with Crippen LogP contribution < -0.4 is 43.4 Å². The van der Waals surface area contributed by atoms with Crippen LogP contribution >= 0.6 is 22.6 Å².